The second-order valence-electron chi connectivity index (χ2n) is 3.26. The Hall–Kier alpha value is -0.550. The fourth-order valence-corrected chi connectivity index (χ4v) is 2.19. The van der Waals surface area contributed by atoms with E-state index in [1.165, 1.54) is 0 Å². The van der Waals surface area contributed by atoms with Gasteiger partial charge in [0.25, 0.3) is 5.92 Å². The summed E-state index contributed by atoms with van der Waals surface area (Å²) in [4.78, 5) is 4.20. The van der Waals surface area contributed by atoms with Crippen molar-refractivity contribution in [3.63, 3.8) is 0 Å². The highest BCUT2D eigenvalue weighted by Gasteiger charge is 2.29. The molecule has 0 aliphatic rings. The Labute approximate surface area is 86.4 Å². The molecule has 0 spiro atoms. The van der Waals surface area contributed by atoms with Gasteiger partial charge in [-0.15, -0.1) is 11.3 Å². The summed E-state index contributed by atoms with van der Waals surface area (Å²) in [5.74, 6) is -2.76. The molecule has 80 valence electrons. The highest BCUT2D eigenvalue weighted by Crippen LogP contribution is 2.34. The Kier molecular flexibility index (Phi) is 3.55. The lowest BCUT2D eigenvalue weighted by molar-refractivity contribution is 0.0206. The van der Waals surface area contributed by atoms with E-state index >= 15 is 0 Å². The zero-order valence-electron chi connectivity index (χ0n) is 8.53. The van der Waals surface area contributed by atoms with Gasteiger partial charge in [-0.05, 0) is 14.0 Å². The topological polar surface area (TPSA) is 24.9 Å². The van der Waals surface area contributed by atoms with Gasteiger partial charge >= 0.3 is 0 Å². The smallest absolute Gasteiger partial charge is 0.281 e. The van der Waals surface area contributed by atoms with Crippen molar-refractivity contribution in [1.82, 2.24) is 10.3 Å². The number of alkyl halides is 2. The van der Waals surface area contributed by atoms with E-state index in [-0.39, 0.29) is 4.88 Å². The van der Waals surface area contributed by atoms with Crippen LogP contribution in [0.25, 0.3) is 0 Å². The van der Waals surface area contributed by atoms with Crippen molar-refractivity contribution >= 4 is 11.3 Å². The first-order valence-corrected chi connectivity index (χ1v) is 5.26. The summed E-state index contributed by atoms with van der Waals surface area (Å²) in [5, 5.41) is 3.73. The predicted molar refractivity (Wildman–Crippen MR) is 54.0 cm³/mol. The van der Waals surface area contributed by atoms with Crippen LogP contribution in [0.2, 0.25) is 0 Å². The first-order valence-electron chi connectivity index (χ1n) is 4.44. The number of nitrogens with one attached hydrogen (secondary N) is 1. The number of rotatable bonds is 4. The van der Waals surface area contributed by atoms with E-state index in [2.05, 4.69) is 10.3 Å². The number of hydrogen-bond donors (Lipinski definition) is 1. The van der Waals surface area contributed by atoms with Crippen molar-refractivity contribution in [2.24, 2.45) is 0 Å². The van der Waals surface area contributed by atoms with Crippen molar-refractivity contribution in [1.29, 1.82) is 0 Å². The summed E-state index contributed by atoms with van der Waals surface area (Å²) in [6.45, 7) is 3.31. The second kappa shape index (κ2) is 4.31. The quantitative estimate of drug-likeness (QED) is 0.842. The van der Waals surface area contributed by atoms with E-state index in [0.717, 1.165) is 29.8 Å². The lowest BCUT2D eigenvalue weighted by Crippen LogP contribution is -2.09. The van der Waals surface area contributed by atoms with Crippen molar-refractivity contribution in [3.8, 4) is 0 Å². The monoisotopic (exact) mass is 220 g/mol. The normalized spacial score (nSPS) is 12.1. The molecule has 2 nitrogen and oxygen atoms in total. The van der Waals surface area contributed by atoms with Crippen LogP contribution in [-0.2, 0) is 12.3 Å². The Morgan fingerprint density at radius 3 is 2.57 bits per heavy atom. The molecule has 1 N–H and O–H groups in total. The van der Waals surface area contributed by atoms with Gasteiger partial charge in [-0.3, -0.25) is 0 Å². The zero-order chi connectivity index (χ0) is 10.8. The van der Waals surface area contributed by atoms with Gasteiger partial charge in [0.2, 0.25) is 0 Å². The summed E-state index contributed by atoms with van der Waals surface area (Å²) in [6, 6.07) is 0. The minimum atomic E-state index is -2.76. The van der Waals surface area contributed by atoms with Gasteiger partial charge in [0, 0.05) is 19.9 Å². The molecule has 0 radical (unpaired) electrons. The van der Waals surface area contributed by atoms with Crippen molar-refractivity contribution in [3.05, 3.63) is 15.6 Å². The number of aryl methyl sites for hydroxylation is 1. The molecule has 0 bridgehead atoms. The number of nitrogens with zero attached hydrogens (tertiary/aromatic N) is 1. The fraction of sp³-hybridized carbons (Fsp3) is 0.667. The molecule has 0 saturated carbocycles. The van der Waals surface area contributed by atoms with Crippen LogP contribution in [0.5, 0.6) is 0 Å². The molecule has 0 fully saturated rings. The summed E-state index contributed by atoms with van der Waals surface area (Å²) in [5.41, 5.74) is 0.452. The molecule has 0 saturated heterocycles. The van der Waals surface area contributed by atoms with Crippen LogP contribution >= 0.6 is 11.3 Å². The predicted octanol–water partition coefficient (Wildman–Crippen LogP) is 2.33. The lowest BCUT2D eigenvalue weighted by Gasteiger charge is -2.06. The molecule has 0 aliphatic heterocycles. The number of aromatic nitrogens is 1. The Morgan fingerprint density at radius 2 is 2.14 bits per heavy atom. The molecule has 0 aliphatic carbocycles. The zero-order valence-corrected chi connectivity index (χ0v) is 9.34. The van der Waals surface area contributed by atoms with Crippen LogP contribution in [0.1, 0.15) is 22.5 Å². The minimum absolute atomic E-state index is 0.0867. The highest BCUT2D eigenvalue weighted by atomic mass is 32.1. The molecule has 1 heterocycles. The number of hydrogen-bond acceptors (Lipinski definition) is 3. The Morgan fingerprint density at radius 1 is 1.50 bits per heavy atom. The SMILES string of the molecule is CNCCc1nc(C)c(C(C)(F)F)s1. The van der Waals surface area contributed by atoms with E-state index < -0.39 is 5.92 Å². The molecular weight excluding hydrogens is 206 g/mol. The van der Waals surface area contributed by atoms with Crippen LogP contribution in [0.3, 0.4) is 0 Å². The average molecular weight is 220 g/mol. The minimum Gasteiger partial charge on any atom is -0.319 e. The molecular formula is C9H14F2N2S. The van der Waals surface area contributed by atoms with E-state index in [4.69, 9.17) is 0 Å². The largest absolute Gasteiger partial charge is 0.319 e. The van der Waals surface area contributed by atoms with Crippen molar-refractivity contribution in [2.45, 2.75) is 26.2 Å². The Bertz CT molecular complexity index is 304. The highest BCUT2D eigenvalue weighted by molar-refractivity contribution is 7.11. The third kappa shape index (κ3) is 2.72. The van der Waals surface area contributed by atoms with Crippen LogP contribution in [0.4, 0.5) is 8.78 Å². The lowest BCUT2D eigenvalue weighted by atomic mass is 10.3. The van der Waals surface area contributed by atoms with E-state index in [9.17, 15) is 8.78 Å². The van der Waals surface area contributed by atoms with E-state index in [1.54, 1.807) is 6.92 Å². The summed E-state index contributed by atoms with van der Waals surface area (Å²) in [6.07, 6.45) is 0.706. The first-order chi connectivity index (χ1) is 6.45. The summed E-state index contributed by atoms with van der Waals surface area (Å²) < 4.78 is 26.0. The average Bonchev–Trinajstić information content (AvgIpc) is 2.42. The van der Waals surface area contributed by atoms with Gasteiger partial charge < -0.3 is 5.32 Å². The molecule has 0 atom stereocenters. The molecule has 1 rings (SSSR count). The third-order valence-corrected chi connectivity index (χ3v) is 3.22. The number of likely N-dealkylation sites (N-methyl/N-ethyl adjacent to an activating group) is 1. The standard InChI is InChI=1S/C9H14F2N2S/c1-6-8(9(2,10)11)14-7(13-6)4-5-12-3/h12H,4-5H2,1-3H3. The van der Waals surface area contributed by atoms with Crippen LogP contribution in [0.15, 0.2) is 0 Å². The molecule has 0 amide bonds. The number of thiazole rings is 1. The first kappa shape index (κ1) is 11.5. The van der Waals surface area contributed by atoms with E-state index in [1.807, 2.05) is 7.05 Å². The van der Waals surface area contributed by atoms with Crippen molar-refractivity contribution in [2.75, 3.05) is 13.6 Å². The number of halogens is 2. The van der Waals surface area contributed by atoms with Gasteiger partial charge in [-0.2, -0.15) is 0 Å². The van der Waals surface area contributed by atoms with E-state index in [0.29, 0.717) is 12.1 Å². The van der Waals surface area contributed by atoms with Gasteiger partial charge in [0.05, 0.1) is 15.6 Å². The molecule has 0 aromatic carbocycles. The van der Waals surface area contributed by atoms with Crippen molar-refractivity contribution < 1.29 is 8.78 Å². The maximum atomic E-state index is 13.0. The molecule has 0 unspecified atom stereocenters. The second-order valence-corrected chi connectivity index (χ2v) is 4.35. The van der Waals surface area contributed by atoms with Crippen LogP contribution < -0.4 is 5.32 Å². The van der Waals surface area contributed by atoms with Gasteiger partial charge in [0.1, 0.15) is 0 Å². The third-order valence-electron chi connectivity index (χ3n) is 1.83. The Balaban J connectivity index is 2.83. The maximum Gasteiger partial charge on any atom is 0.281 e. The van der Waals surface area contributed by atoms with Gasteiger partial charge in [0.15, 0.2) is 0 Å². The summed E-state index contributed by atoms with van der Waals surface area (Å²) in [7, 11) is 1.83. The molecule has 5 heteroatoms. The van der Waals surface area contributed by atoms with Gasteiger partial charge in [-0.1, -0.05) is 0 Å². The van der Waals surface area contributed by atoms with Crippen LogP contribution in [-0.4, -0.2) is 18.6 Å². The fourth-order valence-electron chi connectivity index (χ4n) is 1.20. The van der Waals surface area contributed by atoms with Crippen LogP contribution in [0, 0.1) is 6.92 Å². The maximum absolute atomic E-state index is 13.0. The molecule has 14 heavy (non-hydrogen) atoms. The molecule has 1 aromatic heterocycles. The summed E-state index contributed by atoms with van der Waals surface area (Å²) >= 11 is 1.11. The molecule has 1 aromatic rings. The van der Waals surface area contributed by atoms with Gasteiger partial charge in [-0.25, -0.2) is 13.8 Å².